The van der Waals surface area contributed by atoms with Crippen LogP contribution < -0.4 is 4.90 Å². The number of aliphatic hydroxyl groups is 1. The minimum absolute atomic E-state index is 0.425. The molecule has 2 amide bonds. The highest BCUT2D eigenvalue weighted by Crippen LogP contribution is 2.39. The van der Waals surface area contributed by atoms with Crippen LogP contribution in [0, 0.1) is 0 Å². The Morgan fingerprint density at radius 3 is 1.67 bits per heavy atom. The van der Waals surface area contributed by atoms with Gasteiger partial charge in [-0.15, -0.1) is 0 Å². The number of anilines is 3. The maximum absolute atomic E-state index is 12.8. The molecule has 0 atom stereocenters. The first-order chi connectivity index (χ1) is 17.7. The molecule has 5 aromatic carbocycles. The zero-order valence-electron chi connectivity index (χ0n) is 19.3. The number of hydrogen-bond donors (Lipinski definition) is 1. The molecule has 1 aliphatic rings. The van der Waals surface area contributed by atoms with E-state index in [2.05, 4.69) is 53.4 Å². The first-order valence-electron chi connectivity index (χ1n) is 11.7. The van der Waals surface area contributed by atoms with E-state index in [1.54, 1.807) is 12.1 Å². The summed E-state index contributed by atoms with van der Waals surface area (Å²) < 4.78 is 0. The fourth-order valence-corrected chi connectivity index (χ4v) is 4.92. The third-order valence-corrected chi connectivity index (χ3v) is 6.60. The highest BCUT2D eigenvalue weighted by Gasteiger charge is 2.32. The summed E-state index contributed by atoms with van der Waals surface area (Å²) in [5.74, 6) is -0.955. The summed E-state index contributed by atoms with van der Waals surface area (Å²) in [5.41, 5.74) is 5.90. The number of carbonyl (C=O) groups is 2. The van der Waals surface area contributed by atoms with Crippen molar-refractivity contribution in [2.45, 2.75) is 0 Å². The predicted octanol–water partition coefficient (Wildman–Crippen LogP) is 6.52. The lowest BCUT2D eigenvalue weighted by Gasteiger charge is -2.26. The third kappa shape index (κ3) is 3.45. The molecule has 174 valence electrons. The largest absolute Gasteiger partial charge is 0.376 e. The predicted molar refractivity (Wildman–Crippen MR) is 142 cm³/mol. The maximum atomic E-state index is 12.8. The average Bonchev–Trinajstić information content (AvgIpc) is 2.93. The van der Waals surface area contributed by atoms with E-state index in [9.17, 15) is 14.7 Å². The molecule has 36 heavy (non-hydrogen) atoms. The van der Waals surface area contributed by atoms with Gasteiger partial charge in [-0.3, -0.25) is 14.5 Å². The monoisotopic (exact) mass is 470 g/mol. The molecule has 0 radical (unpaired) electrons. The summed E-state index contributed by atoms with van der Waals surface area (Å²) in [6, 6.07) is 37.8. The second-order valence-electron chi connectivity index (χ2n) is 8.62. The fraction of sp³-hybridized carbons (Fsp3) is 0.0323. The van der Waals surface area contributed by atoms with Gasteiger partial charge in [-0.2, -0.15) is 0 Å². The first-order valence-corrected chi connectivity index (χ1v) is 11.7. The Bertz CT molecular complexity index is 1530. The number of hydrogen-bond acceptors (Lipinski definition) is 4. The van der Waals surface area contributed by atoms with Gasteiger partial charge in [0.25, 0.3) is 11.8 Å². The molecule has 0 aromatic heterocycles. The molecule has 0 saturated heterocycles. The van der Waals surface area contributed by atoms with E-state index in [1.165, 1.54) is 0 Å². The van der Waals surface area contributed by atoms with E-state index in [0.717, 1.165) is 38.5 Å². The van der Waals surface area contributed by atoms with Crippen molar-refractivity contribution < 1.29 is 14.7 Å². The van der Waals surface area contributed by atoms with Crippen molar-refractivity contribution in [3.8, 4) is 11.1 Å². The zero-order valence-corrected chi connectivity index (χ0v) is 19.3. The van der Waals surface area contributed by atoms with E-state index < -0.39 is 18.5 Å². The van der Waals surface area contributed by atoms with Crippen molar-refractivity contribution in [1.29, 1.82) is 0 Å². The molecular weight excluding hydrogens is 448 g/mol. The highest BCUT2D eigenvalue weighted by atomic mass is 16.3. The smallest absolute Gasteiger partial charge is 0.263 e. The standard InChI is InChI=1S/C31H22N2O3/c34-20-32-30(35)27-13-7-12-26-25(18-19-28(29(26)27)31(32)36)21-14-16-24(17-15-21)33(22-8-3-1-4-9-22)23-10-5-2-6-11-23/h1-19,34H,20H2. The minimum atomic E-state index is -0.643. The van der Waals surface area contributed by atoms with Crippen LogP contribution in [0.5, 0.6) is 0 Å². The quantitative estimate of drug-likeness (QED) is 0.297. The number of imide groups is 1. The Kier molecular flexibility index (Phi) is 5.32. The summed E-state index contributed by atoms with van der Waals surface area (Å²) in [7, 11) is 0. The average molecular weight is 471 g/mol. The van der Waals surface area contributed by atoms with Crippen molar-refractivity contribution in [3.63, 3.8) is 0 Å². The van der Waals surface area contributed by atoms with E-state index in [-0.39, 0.29) is 0 Å². The number of amides is 2. The van der Waals surface area contributed by atoms with Gasteiger partial charge in [0.1, 0.15) is 6.73 Å². The molecule has 1 N–H and O–H groups in total. The summed E-state index contributed by atoms with van der Waals surface area (Å²) in [6.45, 7) is -0.643. The Morgan fingerprint density at radius 2 is 1.08 bits per heavy atom. The van der Waals surface area contributed by atoms with E-state index >= 15 is 0 Å². The number of rotatable bonds is 5. The molecule has 6 rings (SSSR count). The summed E-state index contributed by atoms with van der Waals surface area (Å²) >= 11 is 0. The van der Waals surface area contributed by atoms with Crippen LogP contribution in [0.1, 0.15) is 20.7 Å². The number of benzene rings is 5. The molecule has 0 bridgehead atoms. The third-order valence-electron chi connectivity index (χ3n) is 6.60. The molecule has 0 fully saturated rings. The number of para-hydroxylation sites is 2. The second-order valence-corrected chi connectivity index (χ2v) is 8.62. The molecule has 1 heterocycles. The van der Waals surface area contributed by atoms with Gasteiger partial charge in [0.2, 0.25) is 0 Å². The second kappa shape index (κ2) is 8.80. The van der Waals surface area contributed by atoms with Crippen molar-refractivity contribution in [2.75, 3.05) is 11.6 Å². The van der Waals surface area contributed by atoms with Crippen molar-refractivity contribution in [2.24, 2.45) is 0 Å². The van der Waals surface area contributed by atoms with E-state index in [0.29, 0.717) is 16.5 Å². The molecule has 5 nitrogen and oxygen atoms in total. The van der Waals surface area contributed by atoms with Crippen LogP contribution >= 0.6 is 0 Å². The van der Waals surface area contributed by atoms with Gasteiger partial charge in [0, 0.05) is 33.6 Å². The number of nitrogens with zero attached hydrogens (tertiary/aromatic N) is 2. The molecule has 5 aromatic rings. The summed E-state index contributed by atoms with van der Waals surface area (Å²) in [5, 5.41) is 11.0. The first kappa shape index (κ1) is 21.8. The van der Waals surface area contributed by atoms with Gasteiger partial charge in [-0.25, -0.2) is 0 Å². The van der Waals surface area contributed by atoms with Crippen molar-refractivity contribution >= 4 is 39.6 Å². The lowest BCUT2D eigenvalue weighted by Crippen LogP contribution is -2.40. The van der Waals surface area contributed by atoms with Crippen LogP contribution in [0.3, 0.4) is 0 Å². The maximum Gasteiger partial charge on any atom is 0.263 e. The van der Waals surface area contributed by atoms with Crippen molar-refractivity contribution in [3.05, 3.63) is 126 Å². The van der Waals surface area contributed by atoms with Gasteiger partial charge in [-0.1, -0.05) is 66.7 Å². The molecule has 0 aliphatic carbocycles. The van der Waals surface area contributed by atoms with Gasteiger partial charge in [0.15, 0.2) is 0 Å². The van der Waals surface area contributed by atoms with Gasteiger partial charge >= 0.3 is 0 Å². The Labute approximate surface area is 208 Å². The Hall–Kier alpha value is -4.74. The SMILES string of the molecule is O=C1c2cccc3c(-c4ccc(N(c5ccccc5)c5ccccc5)cc4)ccc(c23)C(=O)N1CO. The topological polar surface area (TPSA) is 60.9 Å². The minimum Gasteiger partial charge on any atom is -0.376 e. The molecule has 1 aliphatic heterocycles. The van der Waals surface area contributed by atoms with Crippen LogP contribution in [0.4, 0.5) is 17.1 Å². The lowest BCUT2D eigenvalue weighted by molar-refractivity contribution is 0.0444. The van der Waals surface area contributed by atoms with Gasteiger partial charge < -0.3 is 10.0 Å². The Balaban J connectivity index is 1.46. The molecular formula is C31H22N2O3. The summed E-state index contributed by atoms with van der Waals surface area (Å²) in [6.07, 6.45) is 0. The van der Waals surface area contributed by atoms with Crippen LogP contribution in [-0.4, -0.2) is 28.6 Å². The lowest BCUT2D eigenvalue weighted by atomic mass is 9.89. The van der Waals surface area contributed by atoms with Gasteiger partial charge in [-0.05, 0) is 65.0 Å². The normalized spacial score (nSPS) is 12.8. The molecule has 0 unspecified atom stereocenters. The summed E-state index contributed by atoms with van der Waals surface area (Å²) in [4.78, 5) is 28.7. The fourth-order valence-electron chi connectivity index (χ4n) is 4.92. The van der Waals surface area contributed by atoms with Crippen LogP contribution in [-0.2, 0) is 0 Å². The van der Waals surface area contributed by atoms with E-state index in [1.807, 2.05) is 54.6 Å². The number of carbonyl (C=O) groups excluding carboxylic acids is 2. The Morgan fingerprint density at radius 1 is 0.556 bits per heavy atom. The molecule has 0 saturated carbocycles. The van der Waals surface area contributed by atoms with Crippen molar-refractivity contribution in [1.82, 2.24) is 4.90 Å². The van der Waals surface area contributed by atoms with Gasteiger partial charge in [0.05, 0.1) is 0 Å². The zero-order chi connectivity index (χ0) is 24.6. The van der Waals surface area contributed by atoms with Crippen LogP contribution in [0.25, 0.3) is 21.9 Å². The molecule has 0 spiro atoms. The van der Waals surface area contributed by atoms with E-state index in [4.69, 9.17) is 0 Å². The van der Waals surface area contributed by atoms with Crippen LogP contribution in [0.2, 0.25) is 0 Å². The van der Waals surface area contributed by atoms with Crippen LogP contribution in [0.15, 0.2) is 115 Å². The number of aliphatic hydroxyl groups excluding tert-OH is 1. The highest BCUT2D eigenvalue weighted by molar-refractivity contribution is 6.26. The molecule has 5 heteroatoms.